The Hall–Kier alpha value is -13.2. The molecule has 108 heavy (non-hydrogen) atoms. The molecule has 0 atom stereocenters. The first-order chi connectivity index (χ1) is 52.8. The van der Waals surface area contributed by atoms with Gasteiger partial charge < -0.3 is 18.1 Å². The summed E-state index contributed by atoms with van der Waals surface area (Å²) in [6.07, 6.45) is 0. The van der Waals surface area contributed by atoms with E-state index in [9.17, 15) is 0 Å². The van der Waals surface area contributed by atoms with Crippen LogP contribution in [0.3, 0.4) is 0 Å². The van der Waals surface area contributed by atoms with Crippen molar-refractivity contribution in [2.75, 3.05) is 0 Å². The standard InChI is InChI=1S/C46H28N2O.C33H20ClNO.C19H20BNO2/c47-29-30-15-17-31(18-16-30)32-19-21-33(22-20-32)34-23-25-37(26-24-34)46-48-45-43(42-14-6-10-36-8-2-4-12-40(36)42)27-38(28-44(45)49-46)41-13-5-9-35-7-1-3-11-39(35)41;34-25-17-15-23(16-18-25)33-35-32-30(29-14-6-10-22-8-2-4-12-27(22)29)19-24(20-31(32)36-33)28-13-5-9-21-7-1-3-11-26(21)28;1-18(2)19(3,4)23-20(22-18)16-10-6-14(7-11-16)15-8-12-17(21-5)13-9-15/h1-28H;1-20H;6-13H,1-4H3. The minimum atomic E-state index is -0.335. The van der Waals surface area contributed by atoms with Crippen LogP contribution in [0.2, 0.25) is 5.02 Å². The Morgan fingerprint density at radius 1 is 0.343 bits per heavy atom. The molecule has 514 valence electrons. The third-order valence-electron chi connectivity index (χ3n) is 20.9. The molecule has 1 aliphatic heterocycles. The van der Waals surface area contributed by atoms with Crippen molar-refractivity contribution in [3.05, 3.63) is 362 Å². The molecule has 16 aromatic carbocycles. The van der Waals surface area contributed by atoms with E-state index in [-0.39, 0.29) is 18.3 Å². The van der Waals surface area contributed by atoms with E-state index in [4.69, 9.17) is 51.5 Å². The topological polar surface area (TPSA) is 98.7 Å². The van der Waals surface area contributed by atoms with Crippen molar-refractivity contribution in [2.24, 2.45) is 0 Å². The SMILES string of the molecule is Clc1ccc(-c2nc3c(-c4cccc5ccccc45)cc(-c4cccc5ccccc45)cc3o2)cc1.N#Cc1ccc(-c2ccc(-c3ccc(-c4nc5c(-c6cccc7ccccc67)cc(-c6cccc7ccccc67)cc5o4)cc3)cc2)cc1.[C-]#[N+]c1ccc(-c2ccc(B3OC(C)(C)C(C)(C)O3)cc2)cc1. The van der Waals surface area contributed by atoms with E-state index in [1.807, 2.05) is 84.9 Å². The minimum absolute atomic E-state index is 0.327. The Balaban J connectivity index is 0.000000127. The Morgan fingerprint density at radius 3 is 1.04 bits per heavy atom. The van der Waals surface area contributed by atoms with E-state index < -0.39 is 0 Å². The highest BCUT2D eigenvalue weighted by atomic mass is 35.5. The number of oxazole rings is 2. The van der Waals surface area contributed by atoms with Gasteiger partial charge in [0.25, 0.3) is 0 Å². The fraction of sp³-hybridized carbons (Fsp3) is 0.0612. The van der Waals surface area contributed by atoms with Gasteiger partial charge in [-0.05, 0) is 216 Å². The van der Waals surface area contributed by atoms with Gasteiger partial charge in [-0.3, -0.25) is 0 Å². The van der Waals surface area contributed by atoms with Crippen LogP contribution in [0, 0.1) is 17.9 Å². The average molecular weight is 1410 g/mol. The molecule has 0 saturated carbocycles. The lowest BCUT2D eigenvalue weighted by Crippen LogP contribution is -2.41. The Kier molecular flexibility index (Phi) is 18.0. The fourth-order valence-electron chi connectivity index (χ4n) is 14.4. The summed E-state index contributed by atoms with van der Waals surface area (Å²) in [5.41, 5.74) is 22.2. The van der Waals surface area contributed by atoms with Crippen molar-refractivity contribution >= 4 is 95.2 Å². The zero-order chi connectivity index (χ0) is 73.5. The molecule has 0 amide bonds. The van der Waals surface area contributed by atoms with Crippen LogP contribution >= 0.6 is 11.6 Å². The molecule has 1 saturated heterocycles. The highest BCUT2D eigenvalue weighted by Gasteiger charge is 2.51. The molecule has 0 aliphatic carbocycles. The van der Waals surface area contributed by atoms with Crippen LogP contribution in [-0.2, 0) is 9.31 Å². The van der Waals surface area contributed by atoms with Gasteiger partial charge in [-0.1, -0.05) is 279 Å². The molecule has 0 spiro atoms. The van der Waals surface area contributed by atoms with Crippen LogP contribution in [0.15, 0.2) is 349 Å². The smallest absolute Gasteiger partial charge is 0.436 e. The van der Waals surface area contributed by atoms with Gasteiger partial charge >= 0.3 is 7.12 Å². The summed E-state index contributed by atoms with van der Waals surface area (Å²) in [6, 6.07) is 119. The van der Waals surface area contributed by atoms with Gasteiger partial charge in [0.05, 0.1) is 29.4 Å². The molecular weight excluding hydrogens is 1340 g/mol. The lowest BCUT2D eigenvalue weighted by molar-refractivity contribution is 0.00578. The van der Waals surface area contributed by atoms with Crippen molar-refractivity contribution in [1.29, 1.82) is 5.26 Å². The summed E-state index contributed by atoms with van der Waals surface area (Å²) >= 11 is 6.12. The van der Waals surface area contributed by atoms with Crippen LogP contribution < -0.4 is 5.46 Å². The number of fused-ring (bicyclic) bond motifs is 6. The van der Waals surface area contributed by atoms with Gasteiger partial charge in [0.2, 0.25) is 11.8 Å². The molecule has 8 nitrogen and oxygen atoms in total. The summed E-state index contributed by atoms with van der Waals surface area (Å²) in [7, 11) is -0.335. The first kappa shape index (κ1) is 67.9. The van der Waals surface area contributed by atoms with E-state index in [0.29, 0.717) is 28.1 Å². The molecule has 19 rings (SSSR count). The highest BCUT2D eigenvalue weighted by Crippen LogP contribution is 2.44. The Bertz CT molecular complexity index is 6480. The number of nitriles is 1. The van der Waals surface area contributed by atoms with Gasteiger partial charge in [-0.15, -0.1) is 0 Å². The highest BCUT2D eigenvalue weighted by molar-refractivity contribution is 6.62. The van der Waals surface area contributed by atoms with E-state index >= 15 is 0 Å². The number of benzene rings is 16. The number of hydrogen-bond acceptors (Lipinski definition) is 7. The molecule has 1 fully saturated rings. The Morgan fingerprint density at radius 2 is 0.657 bits per heavy atom. The predicted molar refractivity (Wildman–Crippen MR) is 445 cm³/mol. The quantitative estimate of drug-likeness (QED) is 0.0993. The number of nitrogens with zero attached hydrogens (tertiary/aromatic N) is 4. The van der Waals surface area contributed by atoms with Gasteiger partial charge in [-0.25, -0.2) is 14.8 Å². The predicted octanol–water partition coefficient (Wildman–Crippen LogP) is 26.3. The van der Waals surface area contributed by atoms with Crippen molar-refractivity contribution < 1.29 is 18.1 Å². The lowest BCUT2D eigenvalue weighted by Gasteiger charge is -2.32. The van der Waals surface area contributed by atoms with Crippen molar-refractivity contribution in [3.63, 3.8) is 0 Å². The molecule has 10 heteroatoms. The first-order valence-corrected chi connectivity index (χ1v) is 36.4. The van der Waals surface area contributed by atoms with Crippen LogP contribution in [0.25, 0.3) is 171 Å². The van der Waals surface area contributed by atoms with E-state index in [2.05, 4.69) is 293 Å². The summed E-state index contributed by atoms with van der Waals surface area (Å²) in [5, 5.41) is 19.4. The van der Waals surface area contributed by atoms with Crippen LogP contribution in [-0.4, -0.2) is 28.3 Å². The zero-order valence-electron chi connectivity index (χ0n) is 59.7. The molecule has 2 aromatic heterocycles. The van der Waals surface area contributed by atoms with Crippen LogP contribution in [0.4, 0.5) is 5.69 Å². The third-order valence-corrected chi connectivity index (χ3v) is 21.2. The second-order valence-corrected chi connectivity index (χ2v) is 28.5. The second-order valence-electron chi connectivity index (χ2n) is 28.1. The van der Waals surface area contributed by atoms with Crippen LogP contribution in [0.5, 0.6) is 0 Å². The molecule has 18 aromatic rings. The normalized spacial score (nSPS) is 12.9. The maximum Gasteiger partial charge on any atom is 0.494 e. The number of hydrogen-bond donors (Lipinski definition) is 0. The van der Waals surface area contributed by atoms with Gasteiger partial charge in [0.15, 0.2) is 16.9 Å². The summed E-state index contributed by atoms with van der Waals surface area (Å²) < 4.78 is 25.1. The van der Waals surface area contributed by atoms with Crippen molar-refractivity contribution in [3.8, 4) is 107 Å². The zero-order valence-corrected chi connectivity index (χ0v) is 60.5. The number of rotatable bonds is 10. The van der Waals surface area contributed by atoms with Crippen molar-refractivity contribution in [1.82, 2.24) is 9.97 Å². The molecule has 0 bridgehead atoms. The molecule has 0 N–H and O–H groups in total. The molecular formula is C98H68BClN4O4. The number of aromatic nitrogens is 2. The third kappa shape index (κ3) is 13.4. The first-order valence-electron chi connectivity index (χ1n) is 36.0. The van der Waals surface area contributed by atoms with Crippen molar-refractivity contribution in [2.45, 2.75) is 38.9 Å². The fourth-order valence-corrected chi connectivity index (χ4v) is 14.6. The maximum absolute atomic E-state index is 9.11. The Labute approximate surface area is 632 Å². The maximum atomic E-state index is 9.11. The number of halogens is 1. The second kappa shape index (κ2) is 28.7. The lowest BCUT2D eigenvalue weighted by atomic mass is 9.78. The van der Waals surface area contributed by atoms with E-state index in [1.54, 1.807) is 0 Å². The monoisotopic (exact) mass is 1410 g/mol. The summed E-state index contributed by atoms with van der Waals surface area (Å²) in [6.45, 7) is 15.2. The van der Waals surface area contributed by atoms with Gasteiger partial charge in [0, 0.05) is 27.3 Å². The largest absolute Gasteiger partial charge is 0.494 e. The molecule has 0 unspecified atom stereocenters. The van der Waals surface area contributed by atoms with Gasteiger partial charge in [0.1, 0.15) is 11.0 Å². The molecule has 3 heterocycles. The average Bonchev–Trinajstić information content (AvgIpc) is 1.35. The van der Waals surface area contributed by atoms with E-state index in [1.165, 1.54) is 48.7 Å². The summed E-state index contributed by atoms with van der Waals surface area (Å²) in [5.74, 6) is 1.17. The minimum Gasteiger partial charge on any atom is -0.436 e. The van der Waals surface area contributed by atoms with Crippen LogP contribution in [0.1, 0.15) is 33.3 Å². The van der Waals surface area contributed by atoms with Gasteiger partial charge in [-0.2, -0.15) is 5.26 Å². The molecule has 0 radical (unpaired) electrons. The van der Waals surface area contributed by atoms with E-state index in [0.717, 1.165) is 111 Å². The molecule has 1 aliphatic rings. The summed E-state index contributed by atoms with van der Waals surface area (Å²) in [4.78, 5) is 13.5.